The number of hydrogen-bond donors (Lipinski definition) is 1. The molecule has 16 heavy (non-hydrogen) atoms. The highest BCUT2D eigenvalue weighted by Crippen LogP contribution is 2.14. The topological polar surface area (TPSA) is 29.3 Å². The van der Waals surface area contributed by atoms with Gasteiger partial charge in [-0.3, -0.25) is 4.90 Å². The summed E-state index contributed by atoms with van der Waals surface area (Å²) in [5.74, 6) is -0.213. The zero-order chi connectivity index (χ0) is 12.1. The summed E-state index contributed by atoms with van der Waals surface area (Å²) in [4.78, 5) is 2.26. The first-order valence-corrected chi connectivity index (χ1v) is 5.76. The number of halogens is 1. The van der Waals surface area contributed by atoms with Crippen LogP contribution < -0.4 is 5.73 Å². The van der Waals surface area contributed by atoms with Crippen LogP contribution in [0.15, 0.2) is 18.2 Å². The second kappa shape index (κ2) is 5.97. The normalized spacial score (nSPS) is 13.1. The lowest BCUT2D eigenvalue weighted by atomic mass is 10.1. The van der Waals surface area contributed by atoms with Gasteiger partial charge in [0.05, 0.1) is 0 Å². The number of hydrogen-bond acceptors (Lipinski definition) is 2. The summed E-state index contributed by atoms with van der Waals surface area (Å²) in [6.07, 6.45) is 1.11. The van der Waals surface area contributed by atoms with Gasteiger partial charge in [0.1, 0.15) is 5.82 Å². The largest absolute Gasteiger partial charge is 0.326 e. The van der Waals surface area contributed by atoms with Crippen molar-refractivity contribution in [2.75, 3.05) is 7.05 Å². The Bertz CT molecular complexity index is 339. The highest BCUT2D eigenvalue weighted by atomic mass is 19.1. The van der Waals surface area contributed by atoms with Gasteiger partial charge in [-0.25, -0.2) is 4.39 Å². The van der Waals surface area contributed by atoms with Crippen LogP contribution in [0.4, 0.5) is 4.39 Å². The molecular formula is C13H21FN2. The SMILES string of the molecule is CCC(C)N(C)Cc1ccc(F)cc1CN. The number of rotatable bonds is 5. The lowest BCUT2D eigenvalue weighted by Gasteiger charge is -2.24. The van der Waals surface area contributed by atoms with Crippen molar-refractivity contribution in [2.45, 2.75) is 39.4 Å². The smallest absolute Gasteiger partial charge is 0.123 e. The fraction of sp³-hybridized carbons (Fsp3) is 0.538. The van der Waals surface area contributed by atoms with Crippen molar-refractivity contribution in [2.24, 2.45) is 5.73 Å². The van der Waals surface area contributed by atoms with Gasteiger partial charge in [-0.2, -0.15) is 0 Å². The number of benzene rings is 1. The van der Waals surface area contributed by atoms with Crippen LogP contribution in [0.5, 0.6) is 0 Å². The zero-order valence-electron chi connectivity index (χ0n) is 10.3. The first-order chi connectivity index (χ1) is 7.58. The summed E-state index contributed by atoms with van der Waals surface area (Å²) in [5.41, 5.74) is 7.63. The third-order valence-corrected chi connectivity index (χ3v) is 3.15. The Balaban J connectivity index is 2.80. The third kappa shape index (κ3) is 3.29. The van der Waals surface area contributed by atoms with E-state index in [-0.39, 0.29) is 5.82 Å². The van der Waals surface area contributed by atoms with Crippen LogP contribution in [0, 0.1) is 5.82 Å². The van der Waals surface area contributed by atoms with E-state index in [0.717, 1.165) is 24.1 Å². The predicted octanol–water partition coefficient (Wildman–Crippen LogP) is 2.51. The van der Waals surface area contributed by atoms with Gasteiger partial charge in [0.25, 0.3) is 0 Å². The molecule has 0 saturated heterocycles. The minimum Gasteiger partial charge on any atom is -0.326 e. The maximum Gasteiger partial charge on any atom is 0.123 e. The molecule has 0 aliphatic rings. The van der Waals surface area contributed by atoms with Crippen LogP contribution in [0.3, 0.4) is 0 Å². The molecule has 1 aromatic carbocycles. The van der Waals surface area contributed by atoms with E-state index >= 15 is 0 Å². The van der Waals surface area contributed by atoms with Gasteiger partial charge < -0.3 is 5.73 Å². The molecule has 0 amide bonds. The number of nitrogens with zero attached hydrogens (tertiary/aromatic N) is 1. The summed E-state index contributed by atoms with van der Waals surface area (Å²) in [6, 6.07) is 5.38. The molecule has 2 N–H and O–H groups in total. The molecule has 0 aliphatic carbocycles. The van der Waals surface area contributed by atoms with Crippen LogP contribution in [-0.2, 0) is 13.1 Å². The van der Waals surface area contributed by atoms with Crippen LogP contribution >= 0.6 is 0 Å². The molecule has 3 heteroatoms. The Morgan fingerprint density at radius 3 is 2.62 bits per heavy atom. The van der Waals surface area contributed by atoms with E-state index in [1.807, 2.05) is 6.07 Å². The van der Waals surface area contributed by atoms with Crippen LogP contribution in [0.2, 0.25) is 0 Å². The maximum atomic E-state index is 13.0. The van der Waals surface area contributed by atoms with Crippen molar-refractivity contribution >= 4 is 0 Å². The van der Waals surface area contributed by atoms with E-state index in [2.05, 4.69) is 25.8 Å². The zero-order valence-corrected chi connectivity index (χ0v) is 10.3. The molecule has 1 aromatic rings. The van der Waals surface area contributed by atoms with Crippen molar-refractivity contribution in [1.29, 1.82) is 0 Å². The van der Waals surface area contributed by atoms with Crippen molar-refractivity contribution in [3.05, 3.63) is 35.1 Å². The Morgan fingerprint density at radius 1 is 1.38 bits per heavy atom. The summed E-state index contributed by atoms with van der Waals surface area (Å²) < 4.78 is 13.0. The molecule has 0 bridgehead atoms. The van der Waals surface area contributed by atoms with Crippen molar-refractivity contribution in [3.63, 3.8) is 0 Å². The molecule has 0 radical (unpaired) electrons. The lowest BCUT2D eigenvalue weighted by Crippen LogP contribution is -2.28. The molecule has 1 unspecified atom stereocenters. The van der Waals surface area contributed by atoms with Gasteiger partial charge in [-0.15, -0.1) is 0 Å². The Labute approximate surface area is 97.3 Å². The third-order valence-electron chi connectivity index (χ3n) is 3.15. The molecular weight excluding hydrogens is 203 g/mol. The highest BCUT2D eigenvalue weighted by molar-refractivity contribution is 5.27. The van der Waals surface area contributed by atoms with Gasteiger partial charge in [0.15, 0.2) is 0 Å². The van der Waals surface area contributed by atoms with Gasteiger partial charge in [-0.05, 0) is 43.7 Å². The van der Waals surface area contributed by atoms with Gasteiger partial charge in [0.2, 0.25) is 0 Å². The first-order valence-electron chi connectivity index (χ1n) is 5.76. The molecule has 90 valence electrons. The molecule has 0 spiro atoms. The Morgan fingerprint density at radius 2 is 2.06 bits per heavy atom. The first kappa shape index (κ1) is 13.1. The molecule has 1 atom stereocenters. The molecule has 0 aliphatic heterocycles. The summed E-state index contributed by atoms with van der Waals surface area (Å²) >= 11 is 0. The monoisotopic (exact) mass is 224 g/mol. The fourth-order valence-electron chi connectivity index (χ4n) is 1.67. The van der Waals surface area contributed by atoms with Crippen LogP contribution in [0.25, 0.3) is 0 Å². The van der Waals surface area contributed by atoms with Crippen molar-refractivity contribution in [3.8, 4) is 0 Å². The molecule has 0 fully saturated rings. The second-order valence-electron chi connectivity index (χ2n) is 4.29. The van der Waals surface area contributed by atoms with E-state index in [1.165, 1.54) is 12.1 Å². The van der Waals surface area contributed by atoms with Gasteiger partial charge in [-0.1, -0.05) is 13.0 Å². The minimum absolute atomic E-state index is 0.213. The summed E-state index contributed by atoms with van der Waals surface area (Å²) in [5, 5.41) is 0. The fourth-order valence-corrected chi connectivity index (χ4v) is 1.67. The quantitative estimate of drug-likeness (QED) is 0.832. The average molecular weight is 224 g/mol. The highest BCUT2D eigenvalue weighted by Gasteiger charge is 2.10. The average Bonchev–Trinajstić information content (AvgIpc) is 2.30. The number of nitrogens with two attached hydrogens (primary N) is 1. The van der Waals surface area contributed by atoms with Gasteiger partial charge in [0, 0.05) is 19.1 Å². The van der Waals surface area contributed by atoms with E-state index in [4.69, 9.17) is 5.73 Å². The molecule has 1 rings (SSSR count). The van der Waals surface area contributed by atoms with E-state index in [0.29, 0.717) is 12.6 Å². The summed E-state index contributed by atoms with van der Waals surface area (Å²) in [7, 11) is 2.08. The molecule has 2 nitrogen and oxygen atoms in total. The second-order valence-corrected chi connectivity index (χ2v) is 4.29. The Kier molecular flexibility index (Phi) is 4.90. The van der Waals surface area contributed by atoms with Gasteiger partial charge >= 0.3 is 0 Å². The molecule has 0 saturated carbocycles. The molecule has 0 aromatic heterocycles. The minimum atomic E-state index is -0.213. The van der Waals surface area contributed by atoms with Crippen molar-refractivity contribution in [1.82, 2.24) is 4.90 Å². The van der Waals surface area contributed by atoms with E-state index in [1.54, 1.807) is 0 Å². The van der Waals surface area contributed by atoms with Crippen LogP contribution in [0.1, 0.15) is 31.4 Å². The summed E-state index contributed by atoms with van der Waals surface area (Å²) in [6.45, 7) is 5.56. The maximum absolute atomic E-state index is 13.0. The Hall–Kier alpha value is -0.930. The van der Waals surface area contributed by atoms with Crippen LogP contribution in [-0.4, -0.2) is 18.0 Å². The van der Waals surface area contributed by atoms with Crippen molar-refractivity contribution < 1.29 is 4.39 Å². The van der Waals surface area contributed by atoms with E-state index < -0.39 is 0 Å². The lowest BCUT2D eigenvalue weighted by molar-refractivity contribution is 0.243. The standard InChI is InChI=1S/C13H21FN2/c1-4-10(2)16(3)9-11-5-6-13(14)7-12(11)8-15/h5-7,10H,4,8-9,15H2,1-3H3. The van der Waals surface area contributed by atoms with E-state index in [9.17, 15) is 4.39 Å². The molecule has 0 heterocycles. The predicted molar refractivity (Wildman–Crippen MR) is 65.5 cm³/mol.